The summed E-state index contributed by atoms with van der Waals surface area (Å²) in [5.74, 6) is -4.60. The molecule has 4 N–H and O–H groups in total. The Hall–Kier alpha value is -4.26. The van der Waals surface area contributed by atoms with Gasteiger partial charge in [0.15, 0.2) is 10.9 Å². The van der Waals surface area contributed by atoms with Crippen LogP contribution in [0.2, 0.25) is 5.02 Å². The Balaban J connectivity index is 1.62. The van der Waals surface area contributed by atoms with E-state index in [2.05, 4.69) is 4.98 Å². The van der Waals surface area contributed by atoms with Crippen LogP contribution in [0.15, 0.2) is 82.0 Å². The summed E-state index contributed by atoms with van der Waals surface area (Å²) in [6.07, 6.45) is 1.05. The molecular weight excluding hydrogens is 566 g/mol. The number of carbonyl (C=O) groups is 3. The molecule has 5 rings (SSSR count). The summed E-state index contributed by atoms with van der Waals surface area (Å²) >= 11 is 6.76. The van der Waals surface area contributed by atoms with Gasteiger partial charge in [0.2, 0.25) is 15.6 Å². The van der Waals surface area contributed by atoms with E-state index in [0.717, 1.165) is 11.1 Å². The van der Waals surface area contributed by atoms with Crippen molar-refractivity contribution in [2.45, 2.75) is 15.1 Å². The van der Waals surface area contributed by atoms with Crippen molar-refractivity contribution in [1.82, 2.24) is 4.98 Å². The molecule has 13 heteroatoms. The van der Waals surface area contributed by atoms with Gasteiger partial charge in [0, 0.05) is 11.3 Å². The molecule has 39 heavy (non-hydrogen) atoms. The largest absolute Gasteiger partial charge is 0.508 e. The van der Waals surface area contributed by atoms with Crippen LogP contribution in [0.25, 0.3) is 0 Å². The first-order valence-electron chi connectivity index (χ1n) is 11.2. The monoisotopic (exact) mass is 583 g/mol. The number of anilines is 2. The zero-order valence-electron chi connectivity index (χ0n) is 19.7. The number of hydrogen-bond donors (Lipinski definition) is 3. The highest BCUT2D eigenvalue weighted by Crippen LogP contribution is 2.44. The van der Waals surface area contributed by atoms with Crippen molar-refractivity contribution in [2.75, 3.05) is 10.6 Å². The minimum absolute atomic E-state index is 0.0762. The number of Topliss-reactive ketones (excluding diaryl/α,β-unsaturated/α-hetero) is 2. The van der Waals surface area contributed by atoms with Crippen LogP contribution in [-0.4, -0.2) is 41.1 Å². The van der Waals surface area contributed by atoms with E-state index in [1.807, 2.05) is 0 Å². The van der Waals surface area contributed by atoms with Gasteiger partial charge in [0.25, 0.3) is 5.91 Å². The predicted octanol–water partition coefficient (Wildman–Crippen LogP) is 3.78. The number of aromatic hydroxyl groups is 2. The van der Waals surface area contributed by atoms with Gasteiger partial charge in [-0.2, -0.15) is 0 Å². The molecule has 198 valence electrons. The molecule has 0 bridgehead atoms. The van der Waals surface area contributed by atoms with Crippen LogP contribution in [0.4, 0.5) is 10.8 Å². The van der Waals surface area contributed by atoms with Crippen molar-refractivity contribution in [3.05, 3.63) is 89.1 Å². The Morgan fingerprint density at radius 1 is 1.00 bits per heavy atom. The summed E-state index contributed by atoms with van der Waals surface area (Å²) in [4.78, 5) is 45.1. The lowest BCUT2D eigenvalue weighted by Gasteiger charge is -2.25. The number of benzene rings is 3. The molecule has 0 spiro atoms. The van der Waals surface area contributed by atoms with Crippen LogP contribution in [-0.2, 0) is 19.4 Å². The van der Waals surface area contributed by atoms with Crippen LogP contribution in [0.5, 0.6) is 11.5 Å². The fourth-order valence-corrected chi connectivity index (χ4v) is 6.99. The van der Waals surface area contributed by atoms with Crippen molar-refractivity contribution in [3.8, 4) is 11.5 Å². The zero-order chi connectivity index (χ0) is 28.1. The lowest BCUT2D eigenvalue weighted by atomic mass is 9.86. The average Bonchev–Trinajstić information content (AvgIpc) is 3.50. The van der Waals surface area contributed by atoms with Crippen LogP contribution in [0.3, 0.4) is 0 Å². The van der Waals surface area contributed by atoms with Gasteiger partial charge in [-0.25, -0.2) is 13.4 Å². The summed E-state index contributed by atoms with van der Waals surface area (Å²) in [6, 6.07) is 13.5. The molecule has 4 aromatic rings. The Labute approximate surface area is 230 Å². The molecular formula is C26H18ClN3O7S2. The van der Waals surface area contributed by atoms with Crippen molar-refractivity contribution in [1.29, 1.82) is 0 Å². The van der Waals surface area contributed by atoms with Gasteiger partial charge < -0.3 is 15.9 Å². The van der Waals surface area contributed by atoms with E-state index in [0.29, 0.717) is 17.0 Å². The number of phenolic OH excluding ortho intramolecular Hbond substituents is 2. The van der Waals surface area contributed by atoms with E-state index in [4.69, 9.17) is 17.3 Å². The van der Waals surface area contributed by atoms with E-state index in [9.17, 15) is 33.0 Å². The second-order valence-electron chi connectivity index (χ2n) is 8.62. The molecule has 2 unspecified atom stereocenters. The maximum atomic E-state index is 13.5. The number of phenols is 2. The molecule has 1 saturated heterocycles. The number of ketones is 2. The molecule has 1 aromatic heterocycles. The summed E-state index contributed by atoms with van der Waals surface area (Å²) in [5, 5.41) is 19.2. The number of rotatable bonds is 6. The second kappa shape index (κ2) is 9.80. The van der Waals surface area contributed by atoms with Gasteiger partial charge in [0.05, 0.1) is 22.2 Å². The number of carbonyl (C=O) groups excluding carboxylic acids is 3. The van der Waals surface area contributed by atoms with Crippen LogP contribution in [0, 0.1) is 5.92 Å². The number of nitrogen functional groups attached to an aromatic ring is 1. The lowest BCUT2D eigenvalue weighted by molar-refractivity contribution is -0.135. The Kier molecular flexibility index (Phi) is 6.62. The third-order valence-corrected chi connectivity index (χ3v) is 9.72. The zero-order valence-corrected chi connectivity index (χ0v) is 22.1. The molecule has 1 amide bonds. The predicted molar refractivity (Wildman–Crippen MR) is 143 cm³/mol. The summed E-state index contributed by atoms with van der Waals surface area (Å²) in [5.41, 5.74) is 6.51. The number of nitrogens with two attached hydrogens (primary N) is 1. The fourth-order valence-electron chi connectivity index (χ4n) is 4.24. The van der Waals surface area contributed by atoms with E-state index in [1.54, 1.807) is 0 Å². The van der Waals surface area contributed by atoms with Crippen LogP contribution < -0.4 is 10.6 Å². The molecule has 3 aromatic carbocycles. The van der Waals surface area contributed by atoms with Gasteiger partial charge >= 0.3 is 0 Å². The minimum Gasteiger partial charge on any atom is -0.508 e. The molecule has 1 aliphatic heterocycles. The molecule has 10 nitrogen and oxygen atoms in total. The maximum Gasteiger partial charge on any atom is 0.297 e. The van der Waals surface area contributed by atoms with Crippen molar-refractivity contribution >= 4 is 61.1 Å². The lowest BCUT2D eigenvalue weighted by Crippen LogP contribution is -2.30. The molecule has 0 radical (unpaired) electrons. The topological polar surface area (TPSA) is 168 Å². The normalized spacial score (nSPS) is 17.5. The number of sulfone groups is 1. The number of hydrogen-bond acceptors (Lipinski definition) is 10. The van der Waals surface area contributed by atoms with Gasteiger partial charge in [-0.3, -0.25) is 19.3 Å². The average molecular weight is 584 g/mol. The molecule has 2 atom stereocenters. The third-order valence-electron chi connectivity index (χ3n) is 6.19. The Morgan fingerprint density at radius 2 is 1.67 bits per heavy atom. The highest BCUT2D eigenvalue weighted by molar-refractivity contribution is 7.93. The maximum absolute atomic E-state index is 13.5. The highest BCUT2D eigenvalue weighted by Gasteiger charge is 2.53. The number of halogens is 1. The molecule has 1 fully saturated rings. The first-order valence-corrected chi connectivity index (χ1v) is 13.9. The molecule has 0 aliphatic carbocycles. The van der Waals surface area contributed by atoms with Crippen molar-refractivity contribution < 1.29 is 33.0 Å². The van der Waals surface area contributed by atoms with Crippen molar-refractivity contribution in [3.63, 3.8) is 0 Å². The fraction of sp³-hybridized carbons (Fsp3) is 0.0769. The molecule has 0 saturated carbocycles. The van der Waals surface area contributed by atoms with Gasteiger partial charge in [-0.05, 0) is 66.2 Å². The third kappa shape index (κ3) is 4.62. The SMILES string of the molecule is Nc1ccc(C(=O)C2C(=O)C(=O)N(c3ncc(S(=O)(=O)c4ccc(O)cc4)s3)C2c2ccc(O)c(Cl)c2)cc1. The van der Waals surface area contributed by atoms with Crippen LogP contribution >= 0.6 is 22.9 Å². The highest BCUT2D eigenvalue weighted by atomic mass is 35.5. The van der Waals surface area contributed by atoms with Crippen molar-refractivity contribution in [2.24, 2.45) is 5.92 Å². The van der Waals surface area contributed by atoms with Crippen LogP contribution in [0.1, 0.15) is 22.0 Å². The minimum atomic E-state index is -4.08. The van der Waals surface area contributed by atoms with E-state index in [1.165, 1.54) is 66.7 Å². The summed E-state index contributed by atoms with van der Waals surface area (Å²) in [7, 11) is -4.08. The molecule has 1 aliphatic rings. The number of aromatic nitrogens is 1. The second-order valence-corrected chi connectivity index (χ2v) is 12.2. The smallest absolute Gasteiger partial charge is 0.297 e. The first-order chi connectivity index (χ1) is 18.5. The van der Waals surface area contributed by atoms with E-state index >= 15 is 0 Å². The van der Waals surface area contributed by atoms with Gasteiger partial charge in [-0.15, -0.1) is 0 Å². The van der Waals surface area contributed by atoms with Gasteiger partial charge in [0.1, 0.15) is 21.6 Å². The number of amides is 1. The number of thiazole rings is 1. The van der Waals surface area contributed by atoms with E-state index < -0.39 is 39.3 Å². The first kappa shape index (κ1) is 26.4. The Morgan fingerprint density at radius 3 is 2.31 bits per heavy atom. The summed E-state index contributed by atoms with van der Waals surface area (Å²) in [6.45, 7) is 0. The molecule has 2 heterocycles. The number of nitrogens with zero attached hydrogens (tertiary/aromatic N) is 2. The van der Waals surface area contributed by atoms with E-state index in [-0.39, 0.29) is 41.9 Å². The standard InChI is InChI=1S/C26H18ClN3O7S2/c27-18-11-14(3-10-19(18)32)22-21(23(33)13-1-4-15(28)5-2-13)24(34)25(35)30(22)26-29-12-20(38-26)39(36,37)17-8-6-16(31)7-9-17/h1-12,21-22,31-32H,28H2. The Bertz CT molecular complexity index is 1740. The summed E-state index contributed by atoms with van der Waals surface area (Å²) < 4.78 is 26.1. The van der Waals surface area contributed by atoms with Gasteiger partial charge in [-0.1, -0.05) is 29.0 Å². The quantitative estimate of drug-likeness (QED) is 0.132.